The first-order valence-corrected chi connectivity index (χ1v) is 25.9. The molecule has 8 aliphatic carbocycles. The Kier molecular flexibility index (Phi) is 17.5. The summed E-state index contributed by atoms with van der Waals surface area (Å²) in [5, 5.41) is 100.0. The number of rotatable bonds is 12. The van der Waals surface area contributed by atoms with Crippen molar-refractivity contribution in [1.29, 1.82) is 0 Å². The zero-order valence-electron chi connectivity index (χ0n) is 41.2. The molecule has 8 fully saturated rings. The molecule has 8 N–H and O–H groups in total. The van der Waals surface area contributed by atoms with E-state index < -0.39 is 42.7 Å². The van der Waals surface area contributed by atoms with Crippen LogP contribution in [0.3, 0.4) is 0 Å². The molecule has 2 radical (unpaired) electrons. The summed E-state index contributed by atoms with van der Waals surface area (Å²) in [6.45, 7) is 12.4. The van der Waals surface area contributed by atoms with Crippen LogP contribution in [0.1, 0.15) is 157 Å². The molecule has 0 bridgehead atoms. The number of aliphatic hydroxyl groups excluding tert-OH is 6. The number of carboxylic acids is 2. The van der Waals surface area contributed by atoms with Gasteiger partial charge in [-0.05, 0) is 208 Å². The number of fused-ring (bicyclic) bond motifs is 10. The van der Waals surface area contributed by atoms with Gasteiger partial charge in [-0.2, -0.15) is 0 Å². The van der Waals surface area contributed by atoms with E-state index in [0.29, 0.717) is 43.9 Å². The number of aliphatic hydroxyl groups is 6. The van der Waals surface area contributed by atoms with Crippen molar-refractivity contribution in [3.63, 3.8) is 0 Å². The molecule has 15 heteroatoms. The maximum absolute atomic E-state index is 12.0. The fourth-order valence-electron chi connectivity index (χ4n) is 17.9. The average Bonchev–Trinajstić information content (AvgIpc) is 3.81. The number of amides is 1. The monoisotopic (exact) mass is 1140 g/mol. The summed E-state index contributed by atoms with van der Waals surface area (Å²) in [6, 6.07) is 0. The van der Waals surface area contributed by atoms with Crippen LogP contribution in [0.4, 0.5) is 0 Å². The van der Waals surface area contributed by atoms with Gasteiger partial charge in [0.25, 0.3) is 0 Å². The predicted octanol–water partition coefficient (Wildman–Crippen LogP) is 3.06. The maximum Gasteiger partial charge on any atom is 2.00 e. The van der Waals surface area contributed by atoms with E-state index in [9.17, 15) is 55.2 Å². The van der Waals surface area contributed by atoms with Crippen LogP contribution in [-0.4, -0.2) is 137 Å². The molecule has 0 aromatic rings. The molecule has 0 aliphatic heterocycles. The molecule has 1 amide bonds. The molecule has 0 unspecified atom stereocenters. The number of carbonyl (C=O) groups is 3. The summed E-state index contributed by atoms with van der Waals surface area (Å²) in [5.41, 5.74) is -0.458. The van der Waals surface area contributed by atoms with Gasteiger partial charge in [-0.1, -0.05) is 41.5 Å². The second-order valence-electron chi connectivity index (χ2n) is 24.3. The Morgan fingerprint density at radius 2 is 1.06 bits per heavy atom. The summed E-state index contributed by atoms with van der Waals surface area (Å²) in [7, 11) is 0. The number of aliphatic imine (C=N–C) groups is 1. The second-order valence-corrected chi connectivity index (χ2v) is 24.3. The Labute approximate surface area is 419 Å². The number of carboxylic acid groups (broad SMARTS) is 2. The van der Waals surface area contributed by atoms with Gasteiger partial charge >= 0.3 is 33.3 Å². The Bertz CT molecular complexity index is 1790. The van der Waals surface area contributed by atoms with Crippen LogP contribution < -0.4 is 15.5 Å². The van der Waals surface area contributed by atoms with Crippen LogP contribution in [0.25, 0.3) is 0 Å². The summed E-state index contributed by atoms with van der Waals surface area (Å²) in [6.07, 6.45) is 11.5. The third-order valence-electron chi connectivity index (χ3n) is 21.5. The molecule has 0 aromatic heterocycles. The fraction of sp³-hybridized carbons (Fsp3) is 0.923. The quantitative estimate of drug-likeness (QED) is 0.0797. The predicted molar refractivity (Wildman–Crippen MR) is 249 cm³/mol. The van der Waals surface area contributed by atoms with Gasteiger partial charge in [-0.25, -0.2) is 0 Å². The van der Waals surface area contributed by atoms with E-state index in [-0.39, 0.29) is 145 Å². The van der Waals surface area contributed by atoms with E-state index >= 15 is 0 Å². The van der Waals surface area contributed by atoms with Gasteiger partial charge in [-0.15, -0.1) is 0 Å². The van der Waals surface area contributed by atoms with Gasteiger partial charge in [0.15, 0.2) is 0 Å². The van der Waals surface area contributed by atoms with Crippen molar-refractivity contribution >= 4 is 51.0 Å². The molecule has 8 rings (SSSR count). The van der Waals surface area contributed by atoms with E-state index in [1.54, 1.807) is 0 Å². The van der Waals surface area contributed by atoms with E-state index in [1.807, 2.05) is 0 Å². The van der Waals surface area contributed by atoms with Crippen LogP contribution in [0.5, 0.6) is 0 Å². The van der Waals surface area contributed by atoms with Gasteiger partial charge < -0.3 is 56.1 Å². The van der Waals surface area contributed by atoms with Gasteiger partial charge in [0.1, 0.15) is 6.54 Å². The molecule has 8 aliphatic rings. The number of hydrogen-bond acceptors (Lipinski definition) is 12. The smallest absolute Gasteiger partial charge is 0.862 e. The van der Waals surface area contributed by atoms with Crippen LogP contribution in [0.15, 0.2) is 4.99 Å². The molecular formula is C52H84N2O12Pb. The fourth-order valence-corrected chi connectivity index (χ4v) is 17.9. The van der Waals surface area contributed by atoms with Crippen LogP contribution in [0, 0.1) is 92.7 Å². The van der Waals surface area contributed by atoms with Crippen molar-refractivity contribution in [2.45, 2.75) is 194 Å². The van der Waals surface area contributed by atoms with Crippen LogP contribution in [-0.2, 0) is 14.4 Å². The van der Waals surface area contributed by atoms with Crippen molar-refractivity contribution in [3.8, 4) is 0 Å². The molecular weight excluding hydrogens is 1050 g/mol. The number of nitrogens with zero attached hydrogens (tertiary/aromatic N) is 1. The first-order chi connectivity index (χ1) is 31.0. The number of nitrogens with one attached hydrogen (secondary N) is 1. The molecule has 22 atom stereocenters. The van der Waals surface area contributed by atoms with E-state index in [1.165, 1.54) is 0 Å². The first-order valence-electron chi connectivity index (χ1n) is 25.9. The summed E-state index contributed by atoms with van der Waals surface area (Å²) >= 11 is 0. The van der Waals surface area contributed by atoms with Crippen molar-refractivity contribution < 1.29 is 60.3 Å². The van der Waals surface area contributed by atoms with E-state index in [4.69, 9.17) is 5.11 Å². The number of aliphatic carboxylic acids is 2. The van der Waals surface area contributed by atoms with Crippen molar-refractivity contribution in [2.24, 2.45) is 97.7 Å². The Balaban J connectivity index is 0.000000218. The zero-order valence-corrected chi connectivity index (χ0v) is 45.0. The number of carbonyl (C=O) groups excluding carboxylic acids is 2. The standard InChI is InChI=1S/2C26H43NO6.Pb/c2*1-14(4-7-22(31)27-13-23(32)33)17-5-6-18-24-19(12-21(30)26(17,18)3)25(2)9-8-16(28)10-15(25)11-20(24)29;/h2*14-21,24,28-30H,4-13H2,1-3H3,(H,27,31)(H,32,33);/q;;+2/p-2/t2*14-,15+,16-,17-,18+,19+,20-,21+,24+,25+,26-;/m11./s1. The largest absolute Gasteiger partial charge is 2.00 e. The van der Waals surface area contributed by atoms with Crippen LogP contribution >= 0.6 is 0 Å². The second kappa shape index (κ2) is 21.3. The SMILES string of the molecule is C[C@H](CCC(=O)NCC(=O)O)[C@H]1CC[C@H]2[C@@H]3[C@H](O)C[C@@H]4C[C@H](O)CC[C@]4(C)[C@H]3C[C@H](O)[C@]12C.C[C@H](CCC([O-])=NCC(=O)[O-])[C@H]1CC[C@H]2[C@@H]3[C@H](O)C[C@@H]4C[C@H](O)CC[C@]4(C)[C@H]3C[C@H](O)[C@]12C.[Pb+2]. The maximum atomic E-state index is 12.0. The summed E-state index contributed by atoms with van der Waals surface area (Å²) < 4.78 is 0. The molecule has 67 heavy (non-hydrogen) atoms. The Morgan fingerprint density at radius 1 is 0.627 bits per heavy atom. The molecule has 378 valence electrons. The normalized spacial score (nSPS) is 47.4. The molecule has 0 aromatic carbocycles. The first kappa shape index (κ1) is 54.9. The molecule has 8 saturated carbocycles. The summed E-state index contributed by atoms with van der Waals surface area (Å²) in [4.78, 5) is 36.8. The Morgan fingerprint density at radius 3 is 1.48 bits per heavy atom. The van der Waals surface area contributed by atoms with Gasteiger partial charge in [0.05, 0.1) is 49.1 Å². The van der Waals surface area contributed by atoms with Gasteiger partial charge in [0.2, 0.25) is 5.91 Å². The van der Waals surface area contributed by atoms with Crippen molar-refractivity contribution in [1.82, 2.24) is 5.32 Å². The molecule has 14 nitrogen and oxygen atoms in total. The van der Waals surface area contributed by atoms with Crippen LogP contribution in [0.2, 0.25) is 0 Å². The molecule has 0 saturated heterocycles. The average molecular weight is 1140 g/mol. The van der Waals surface area contributed by atoms with Gasteiger partial charge in [-0.3, -0.25) is 14.6 Å². The Hall–Kier alpha value is -1.44. The minimum absolute atomic E-state index is 0. The van der Waals surface area contributed by atoms with E-state index in [0.717, 1.165) is 77.0 Å². The molecule has 0 heterocycles. The topological polar surface area (TPSA) is 263 Å². The third-order valence-corrected chi connectivity index (χ3v) is 21.5. The number of hydrogen-bond donors (Lipinski definition) is 8. The summed E-state index contributed by atoms with van der Waals surface area (Å²) in [5.74, 6) is -0.0511. The third kappa shape index (κ3) is 10.3. The minimum Gasteiger partial charge on any atom is -0.862 e. The van der Waals surface area contributed by atoms with Gasteiger partial charge in [0, 0.05) is 6.42 Å². The minimum atomic E-state index is -1.35. The molecule has 0 spiro atoms. The zero-order chi connectivity index (χ0) is 48.3. The van der Waals surface area contributed by atoms with Crippen molar-refractivity contribution in [2.75, 3.05) is 13.1 Å². The van der Waals surface area contributed by atoms with E-state index in [2.05, 4.69) is 51.9 Å². The van der Waals surface area contributed by atoms with Crippen molar-refractivity contribution in [3.05, 3.63) is 0 Å².